The number of hydrogen-bond donors (Lipinski definition) is 3. The van der Waals surface area contributed by atoms with Crippen LogP contribution in [0.15, 0.2) is 77.2 Å². The number of carbonyl (C=O) groups excluding carboxylic acids is 1. The number of carbonyl (C=O) groups is 1. The standard InChI is InChI=1S/C27H25N5O4S/c33-14-12-31(13-15-34)17-32-27(37)36-26(30-32)20-8-6-19(7-9-20)25-28-22-11-10-21(16-23(22)29-25)24(35)18-4-2-1-3-5-18/h1-11,16,33-34H,12-15,17H2,(H,28,29). The van der Waals surface area contributed by atoms with Crippen molar-refractivity contribution in [1.29, 1.82) is 0 Å². The molecule has 37 heavy (non-hydrogen) atoms. The van der Waals surface area contributed by atoms with Crippen LogP contribution in [0.4, 0.5) is 0 Å². The van der Waals surface area contributed by atoms with Gasteiger partial charge in [0.25, 0.3) is 4.84 Å². The minimum atomic E-state index is -0.0388. The number of hydrogen-bond acceptors (Lipinski definition) is 8. The van der Waals surface area contributed by atoms with E-state index < -0.39 is 0 Å². The molecule has 2 heterocycles. The van der Waals surface area contributed by atoms with Gasteiger partial charge in [-0.1, -0.05) is 42.5 Å². The number of nitrogens with zero attached hydrogens (tertiary/aromatic N) is 4. The van der Waals surface area contributed by atoms with Crippen molar-refractivity contribution in [3.63, 3.8) is 0 Å². The molecule has 0 aliphatic heterocycles. The van der Waals surface area contributed by atoms with Gasteiger partial charge in [-0.3, -0.25) is 9.69 Å². The fourth-order valence-electron chi connectivity index (χ4n) is 4.05. The van der Waals surface area contributed by atoms with E-state index in [1.165, 1.54) is 4.68 Å². The Morgan fingerprint density at radius 1 is 0.946 bits per heavy atom. The lowest BCUT2D eigenvalue weighted by atomic mass is 10.0. The zero-order valence-electron chi connectivity index (χ0n) is 19.9. The fourth-order valence-corrected chi connectivity index (χ4v) is 4.23. The van der Waals surface area contributed by atoms with E-state index in [0.29, 0.717) is 42.6 Å². The summed E-state index contributed by atoms with van der Waals surface area (Å²) < 4.78 is 7.21. The van der Waals surface area contributed by atoms with Crippen molar-refractivity contribution in [1.82, 2.24) is 24.6 Å². The van der Waals surface area contributed by atoms with Crippen LogP contribution in [0.2, 0.25) is 0 Å². The Kier molecular flexibility index (Phi) is 7.33. The summed E-state index contributed by atoms with van der Waals surface area (Å²) in [4.78, 5) is 22.8. The van der Waals surface area contributed by atoms with Gasteiger partial charge in [-0.05, 0) is 42.5 Å². The molecule has 3 N–H and O–H groups in total. The molecule has 0 spiro atoms. The molecule has 10 heteroatoms. The average molecular weight is 516 g/mol. The summed E-state index contributed by atoms with van der Waals surface area (Å²) in [6.45, 7) is 1.00. The first-order valence-corrected chi connectivity index (χ1v) is 12.2. The number of H-pyrrole nitrogens is 1. The first-order valence-electron chi connectivity index (χ1n) is 11.8. The van der Waals surface area contributed by atoms with E-state index in [4.69, 9.17) is 16.6 Å². The Morgan fingerprint density at radius 3 is 2.35 bits per heavy atom. The summed E-state index contributed by atoms with van der Waals surface area (Å²) in [5, 5.41) is 22.9. The van der Waals surface area contributed by atoms with Crippen molar-refractivity contribution in [2.24, 2.45) is 0 Å². The van der Waals surface area contributed by atoms with E-state index in [1.54, 1.807) is 18.2 Å². The monoisotopic (exact) mass is 515 g/mol. The predicted octanol–water partition coefficient (Wildman–Crippen LogP) is 3.89. The maximum atomic E-state index is 12.8. The summed E-state index contributed by atoms with van der Waals surface area (Å²) in [7, 11) is 0. The number of rotatable bonds is 10. The van der Waals surface area contributed by atoms with Crippen LogP contribution in [0.5, 0.6) is 0 Å². The third-order valence-corrected chi connectivity index (χ3v) is 6.25. The first-order chi connectivity index (χ1) is 18.1. The second-order valence-corrected chi connectivity index (χ2v) is 8.82. The number of aromatic nitrogens is 4. The van der Waals surface area contributed by atoms with Gasteiger partial charge in [0.1, 0.15) is 5.82 Å². The van der Waals surface area contributed by atoms with Crippen molar-refractivity contribution in [3.05, 3.63) is 88.8 Å². The molecule has 2 aromatic heterocycles. The molecule has 0 unspecified atom stereocenters. The zero-order chi connectivity index (χ0) is 25.8. The highest BCUT2D eigenvalue weighted by atomic mass is 32.1. The molecule has 5 rings (SSSR count). The van der Waals surface area contributed by atoms with E-state index in [-0.39, 0.29) is 23.8 Å². The van der Waals surface area contributed by atoms with Crippen LogP contribution < -0.4 is 0 Å². The van der Waals surface area contributed by atoms with Gasteiger partial charge in [0, 0.05) is 35.3 Å². The molecular formula is C27H25N5O4S. The maximum Gasteiger partial charge on any atom is 0.288 e. The summed E-state index contributed by atoms with van der Waals surface area (Å²) in [5.41, 5.74) is 4.39. The summed E-state index contributed by atoms with van der Waals surface area (Å²) in [6, 6.07) is 22.2. The highest BCUT2D eigenvalue weighted by Gasteiger charge is 2.14. The third kappa shape index (κ3) is 5.42. The number of aliphatic hydroxyl groups excluding tert-OH is 2. The van der Waals surface area contributed by atoms with Gasteiger partial charge in [-0.15, -0.1) is 5.10 Å². The molecule has 0 saturated heterocycles. The number of fused-ring (bicyclic) bond motifs is 1. The zero-order valence-corrected chi connectivity index (χ0v) is 20.7. The number of nitrogens with one attached hydrogen (secondary N) is 1. The van der Waals surface area contributed by atoms with Crippen molar-refractivity contribution in [3.8, 4) is 22.8 Å². The smallest absolute Gasteiger partial charge is 0.288 e. The minimum absolute atomic E-state index is 0.0358. The number of ketones is 1. The van der Waals surface area contributed by atoms with Gasteiger partial charge in [0.15, 0.2) is 5.78 Å². The van der Waals surface area contributed by atoms with Crippen LogP contribution in [0, 0.1) is 4.84 Å². The molecule has 9 nitrogen and oxygen atoms in total. The van der Waals surface area contributed by atoms with Gasteiger partial charge in [0.2, 0.25) is 5.89 Å². The maximum absolute atomic E-state index is 12.8. The largest absolute Gasteiger partial charge is 0.409 e. The molecular weight excluding hydrogens is 490 g/mol. The van der Waals surface area contributed by atoms with E-state index in [9.17, 15) is 15.0 Å². The van der Waals surface area contributed by atoms with Crippen LogP contribution in [0.25, 0.3) is 33.9 Å². The Bertz CT molecular complexity index is 1570. The normalized spacial score (nSPS) is 11.4. The lowest BCUT2D eigenvalue weighted by Crippen LogP contribution is -2.32. The predicted molar refractivity (Wildman–Crippen MR) is 141 cm³/mol. The quantitative estimate of drug-likeness (QED) is 0.189. The molecule has 0 aliphatic rings. The molecule has 0 saturated carbocycles. The van der Waals surface area contributed by atoms with Gasteiger partial charge < -0.3 is 19.6 Å². The van der Waals surface area contributed by atoms with Gasteiger partial charge >= 0.3 is 0 Å². The second kappa shape index (κ2) is 11.0. The molecule has 0 aliphatic carbocycles. The summed E-state index contributed by atoms with van der Waals surface area (Å²) in [5.74, 6) is 1.02. The topological polar surface area (TPSA) is 120 Å². The lowest BCUT2D eigenvalue weighted by Gasteiger charge is -2.18. The first kappa shape index (κ1) is 24.7. The van der Waals surface area contributed by atoms with Gasteiger partial charge in [-0.25, -0.2) is 9.67 Å². The average Bonchev–Trinajstić information content (AvgIpc) is 3.52. The summed E-state index contributed by atoms with van der Waals surface area (Å²) in [6.07, 6.45) is 0. The van der Waals surface area contributed by atoms with Gasteiger partial charge in [0.05, 0.1) is 30.9 Å². The fraction of sp³-hybridized carbons (Fsp3) is 0.185. The van der Waals surface area contributed by atoms with E-state index in [1.807, 2.05) is 59.5 Å². The molecule has 0 atom stereocenters. The second-order valence-electron chi connectivity index (χ2n) is 8.47. The number of imidazole rings is 1. The van der Waals surface area contributed by atoms with Crippen molar-refractivity contribution in [2.75, 3.05) is 26.3 Å². The van der Waals surface area contributed by atoms with Crippen molar-refractivity contribution < 1.29 is 19.4 Å². The number of aromatic amines is 1. The molecule has 5 aromatic rings. The van der Waals surface area contributed by atoms with E-state index >= 15 is 0 Å². The Balaban J connectivity index is 1.35. The lowest BCUT2D eigenvalue weighted by molar-refractivity contribution is 0.103. The van der Waals surface area contributed by atoms with Crippen LogP contribution in [0.3, 0.4) is 0 Å². The van der Waals surface area contributed by atoms with Crippen LogP contribution in [-0.4, -0.2) is 66.9 Å². The third-order valence-electron chi connectivity index (χ3n) is 5.96. The molecule has 188 valence electrons. The minimum Gasteiger partial charge on any atom is -0.409 e. The Hall–Kier alpha value is -3.96. The van der Waals surface area contributed by atoms with Crippen molar-refractivity contribution in [2.45, 2.75) is 6.67 Å². The number of aliphatic hydroxyl groups is 2. The van der Waals surface area contributed by atoms with Crippen LogP contribution in [-0.2, 0) is 6.67 Å². The molecule has 0 fully saturated rings. The Morgan fingerprint density at radius 2 is 1.65 bits per heavy atom. The van der Waals surface area contributed by atoms with Crippen molar-refractivity contribution >= 4 is 29.0 Å². The Labute approximate surface area is 217 Å². The van der Waals surface area contributed by atoms with Gasteiger partial charge in [-0.2, -0.15) is 0 Å². The highest BCUT2D eigenvalue weighted by Crippen LogP contribution is 2.25. The molecule has 0 radical (unpaired) electrons. The van der Waals surface area contributed by atoms with Crippen LogP contribution in [0.1, 0.15) is 15.9 Å². The molecule has 0 amide bonds. The van der Waals surface area contributed by atoms with E-state index in [0.717, 1.165) is 22.2 Å². The SMILES string of the molecule is O=C(c1ccccc1)c1ccc2nc(-c3ccc(-c4nn(CN(CCO)CCO)c(=S)o4)cc3)[nH]c2c1. The summed E-state index contributed by atoms with van der Waals surface area (Å²) >= 11 is 5.30. The number of benzene rings is 3. The molecule has 0 bridgehead atoms. The highest BCUT2D eigenvalue weighted by molar-refractivity contribution is 7.71. The van der Waals surface area contributed by atoms with Crippen LogP contribution >= 0.6 is 12.2 Å². The van der Waals surface area contributed by atoms with E-state index in [2.05, 4.69) is 15.1 Å². The molecule has 3 aromatic carbocycles.